The number of carbonyl (C=O) groups is 2. The highest BCUT2D eigenvalue weighted by Gasteiger charge is 2.21. The molecule has 0 aromatic heterocycles. The lowest BCUT2D eigenvalue weighted by atomic mass is 10.0. The van der Waals surface area contributed by atoms with E-state index in [-0.39, 0.29) is 29.8 Å². The zero-order valence-electron chi connectivity index (χ0n) is 10.1. The van der Waals surface area contributed by atoms with Gasteiger partial charge < -0.3 is 4.74 Å². The first-order chi connectivity index (χ1) is 8.49. The van der Waals surface area contributed by atoms with Crippen LogP contribution in [0.3, 0.4) is 0 Å². The monoisotopic (exact) mass is 251 g/mol. The fourth-order valence-electron chi connectivity index (χ4n) is 1.64. The van der Waals surface area contributed by atoms with E-state index in [0.29, 0.717) is 11.8 Å². The van der Waals surface area contributed by atoms with Gasteiger partial charge in [-0.05, 0) is 25.5 Å². The van der Waals surface area contributed by atoms with Gasteiger partial charge in [-0.15, -0.1) is 0 Å². The van der Waals surface area contributed by atoms with E-state index >= 15 is 0 Å². The lowest BCUT2D eigenvalue weighted by Gasteiger charge is -2.07. The maximum atomic E-state index is 11.4. The van der Waals surface area contributed by atoms with Crippen molar-refractivity contribution in [2.45, 2.75) is 20.3 Å². The molecule has 0 saturated heterocycles. The van der Waals surface area contributed by atoms with Crippen molar-refractivity contribution in [3.8, 4) is 0 Å². The number of esters is 1. The molecule has 96 valence electrons. The molecule has 0 fully saturated rings. The van der Waals surface area contributed by atoms with Crippen LogP contribution in [-0.2, 0) is 16.0 Å². The number of aldehydes is 1. The maximum Gasteiger partial charge on any atom is 0.310 e. The smallest absolute Gasteiger partial charge is 0.310 e. The van der Waals surface area contributed by atoms with Crippen molar-refractivity contribution >= 4 is 17.9 Å². The number of nitro groups is 1. The van der Waals surface area contributed by atoms with Crippen molar-refractivity contribution in [3.63, 3.8) is 0 Å². The Bertz CT molecular complexity index is 495. The Morgan fingerprint density at radius 2 is 2.17 bits per heavy atom. The molecule has 0 unspecified atom stereocenters. The largest absolute Gasteiger partial charge is 0.466 e. The number of nitrogens with zero attached hydrogens (tertiary/aromatic N) is 1. The zero-order chi connectivity index (χ0) is 13.7. The summed E-state index contributed by atoms with van der Waals surface area (Å²) in [6.07, 6.45) is 0.229. The summed E-state index contributed by atoms with van der Waals surface area (Å²) in [4.78, 5) is 32.6. The molecular formula is C12H13NO5. The third-order valence-corrected chi connectivity index (χ3v) is 2.36. The Labute approximate surface area is 104 Å². The predicted octanol–water partition coefficient (Wildman–Crippen LogP) is 1.82. The van der Waals surface area contributed by atoms with E-state index < -0.39 is 10.9 Å². The van der Waals surface area contributed by atoms with Crippen LogP contribution in [0.25, 0.3) is 0 Å². The molecule has 18 heavy (non-hydrogen) atoms. The second-order valence-corrected chi connectivity index (χ2v) is 3.71. The highest BCUT2D eigenvalue weighted by Crippen LogP contribution is 2.24. The molecule has 1 rings (SSSR count). The first-order valence-corrected chi connectivity index (χ1v) is 5.38. The molecule has 6 nitrogen and oxygen atoms in total. The number of aryl methyl sites for hydroxylation is 1. The van der Waals surface area contributed by atoms with Crippen molar-refractivity contribution < 1.29 is 19.2 Å². The topological polar surface area (TPSA) is 86.5 Å². The maximum absolute atomic E-state index is 11.4. The van der Waals surface area contributed by atoms with Crippen molar-refractivity contribution in [1.82, 2.24) is 0 Å². The van der Waals surface area contributed by atoms with Gasteiger partial charge in [-0.1, -0.05) is 0 Å². The number of nitro benzene ring substituents is 1. The zero-order valence-corrected chi connectivity index (χ0v) is 10.1. The van der Waals surface area contributed by atoms with Gasteiger partial charge in [0.1, 0.15) is 0 Å². The molecule has 0 aliphatic carbocycles. The molecule has 1 aromatic rings. The Kier molecular flexibility index (Phi) is 4.53. The summed E-state index contributed by atoms with van der Waals surface area (Å²) >= 11 is 0. The van der Waals surface area contributed by atoms with Crippen LogP contribution in [0.2, 0.25) is 0 Å². The molecule has 0 heterocycles. The summed E-state index contributed by atoms with van der Waals surface area (Å²) in [5.74, 6) is -0.590. The molecule has 0 aliphatic rings. The Morgan fingerprint density at radius 1 is 1.50 bits per heavy atom. The Morgan fingerprint density at radius 3 is 2.67 bits per heavy atom. The Balaban J connectivity index is 3.25. The summed E-state index contributed by atoms with van der Waals surface area (Å²) < 4.78 is 4.73. The van der Waals surface area contributed by atoms with E-state index in [9.17, 15) is 19.7 Å². The minimum absolute atomic E-state index is 0.0963. The van der Waals surface area contributed by atoms with Crippen LogP contribution in [0, 0.1) is 17.0 Å². The second-order valence-electron chi connectivity index (χ2n) is 3.71. The predicted molar refractivity (Wildman–Crippen MR) is 63.6 cm³/mol. The van der Waals surface area contributed by atoms with Crippen molar-refractivity contribution in [2.75, 3.05) is 6.61 Å². The van der Waals surface area contributed by atoms with Crippen LogP contribution in [0.5, 0.6) is 0 Å². The summed E-state index contributed by atoms with van der Waals surface area (Å²) in [5, 5.41) is 10.9. The first kappa shape index (κ1) is 13.8. The van der Waals surface area contributed by atoms with Crippen molar-refractivity contribution in [2.24, 2.45) is 0 Å². The molecular weight excluding hydrogens is 238 g/mol. The van der Waals surface area contributed by atoms with E-state index in [1.54, 1.807) is 13.8 Å². The minimum Gasteiger partial charge on any atom is -0.466 e. The Hall–Kier alpha value is -2.24. The molecule has 6 heteroatoms. The molecule has 1 aromatic carbocycles. The average molecular weight is 251 g/mol. The third kappa shape index (κ3) is 3.13. The van der Waals surface area contributed by atoms with Gasteiger partial charge >= 0.3 is 5.97 Å². The lowest BCUT2D eigenvalue weighted by Crippen LogP contribution is -2.11. The number of ether oxygens (including phenoxy) is 1. The van der Waals surface area contributed by atoms with E-state index in [4.69, 9.17) is 4.74 Å². The van der Waals surface area contributed by atoms with E-state index in [1.165, 1.54) is 12.1 Å². The summed E-state index contributed by atoms with van der Waals surface area (Å²) in [7, 11) is 0. The van der Waals surface area contributed by atoms with Gasteiger partial charge in [0.25, 0.3) is 5.69 Å². The van der Waals surface area contributed by atoms with Crippen LogP contribution in [0.15, 0.2) is 12.1 Å². The van der Waals surface area contributed by atoms with Gasteiger partial charge in [0.2, 0.25) is 0 Å². The van der Waals surface area contributed by atoms with Crippen molar-refractivity contribution in [1.29, 1.82) is 0 Å². The van der Waals surface area contributed by atoms with Gasteiger partial charge in [-0.2, -0.15) is 0 Å². The quantitative estimate of drug-likeness (QED) is 0.345. The SMILES string of the molecule is CCOC(=O)Cc1c(C=O)cc(C)cc1[N+](=O)[O-]. The van der Waals surface area contributed by atoms with Crippen LogP contribution in [0.1, 0.15) is 28.4 Å². The molecule has 0 radical (unpaired) electrons. The van der Waals surface area contributed by atoms with Gasteiger partial charge in [0, 0.05) is 11.6 Å². The average Bonchev–Trinajstić information content (AvgIpc) is 2.30. The number of hydrogen-bond acceptors (Lipinski definition) is 5. The van der Waals surface area contributed by atoms with Crippen molar-refractivity contribution in [3.05, 3.63) is 38.9 Å². The van der Waals surface area contributed by atoms with E-state index in [2.05, 4.69) is 0 Å². The molecule has 0 bridgehead atoms. The van der Waals surface area contributed by atoms with Gasteiger partial charge in [0.15, 0.2) is 6.29 Å². The second kappa shape index (κ2) is 5.90. The molecule has 0 aliphatic heterocycles. The summed E-state index contributed by atoms with van der Waals surface area (Å²) in [6, 6.07) is 2.84. The highest BCUT2D eigenvalue weighted by atomic mass is 16.6. The van der Waals surface area contributed by atoms with Gasteiger partial charge in [-0.25, -0.2) is 0 Å². The number of benzene rings is 1. The number of hydrogen-bond donors (Lipinski definition) is 0. The first-order valence-electron chi connectivity index (χ1n) is 5.38. The number of rotatable bonds is 5. The molecule has 0 N–H and O–H groups in total. The molecule has 0 spiro atoms. The minimum atomic E-state index is -0.603. The fraction of sp³-hybridized carbons (Fsp3) is 0.333. The highest BCUT2D eigenvalue weighted by molar-refractivity contribution is 5.84. The van der Waals surface area contributed by atoms with Crippen LogP contribution < -0.4 is 0 Å². The van der Waals surface area contributed by atoms with E-state index in [1.807, 2.05) is 0 Å². The number of carbonyl (C=O) groups excluding carboxylic acids is 2. The molecule has 0 atom stereocenters. The standard InChI is InChI=1S/C12H13NO5/c1-3-18-12(15)6-10-9(7-14)4-8(2)5-11(10)13(16)17/h4-5,7H,3,6H2,1-2H3. The third-order valence-electron chi connectivity index (χ3n) is 2.36. The van der Waals surface area contributed by atoms with Crippen LogP contribution in [-0.4, -0.2) is 23.8 Å². The normalized spacial score (nSPS) is 9.89. The molecule has 0 saturated carbocycles. The molecule has 0 amide bonds. The van der Waals surface area contributed by atoms with Crippen LogP contribution >= 0.6 is 0 Å². The lowest BCUT2D eigenvalue weighted by molar-refractivity contribution is -0.385. The van der Waals surface area contributed by atoms with Gasteiger partial charge in [0.05, 0.1) is 23.5 Å². The summed E-state index contributed by atoms with van der Waals surface area (Å²) in [5.41, 5.74) is 0.607. The summed E-state index contributed by atoms with van der Waals surface area (Å²) in [6.45, 7) is 3.48. The van der Waals surface area contributed by atoms with Gasteiger partial charge in [-0.3, -0.25) is 19.7 Å². The fourth-order valence-corrected chi connectivity index (χ4v) is 1.64. The van der Waals surface area contributed by atoms with Crippen LogP contribution in [0.4, 0.5) is 5.69 Å². The van der Waals surface area contributed by atoms with E-state index in [0.717, 1.165) is 0 Å².